The van der Waals surface area contributed by atoms with Crippen molar-refractivity contribution in [3.8, 4) is 11.6 Å². The second-order valence-electron chi connectivity index (χ2n) is 15.5. The van der Waals surface area contributed by atoms with E-state index in [2.05, 4.69) is 13.0 Å². The Morgan fingerprint density at radius 1 is 1.11 bits per heavy atom. The van der Waals surface area contributed by atoms with Crippen LogP contribution in [0.3, 0.4) is 0 Å². The minimum atomic E-state index is -0.919. The number of ether oxygens (including phenoxy) is 4. The van der Waals surface area contributed by atoms with Crippen molar-refractivity contribution >= 4 is 35.0 Å². The van der Waals surface area contributed by atoms with Crippen LogP contribution in [0.1, 0.15) is 99.6 Å². The van der Waals surface area contributed by atoms with Crippen molar-refractivity contribution in [1.29, 1.82) is 0 Å². The molecule has 3 heterocycles. The molecule has 0 N–H and O–H groups in total. The highest BCUT2D eigenvalue weighted by Gasteiger charge is 2.56. The van der Waals surface area contributed by atoms with E-state index in [1.165, 1.54) is 0 Å². The summed E-state index contributed by atoms with van der Waals surface area (Å²) < 4.78 is 24.0. The van der Waals surface area contributed by atoms with Crippen LogP contribution < -0.4 is 9.47 Å². The molecule has 2 aliphatic heterocycles. The number of methoxy groups -OCH3 is 1. The first-order chi connectivity index (χ1) is 22.0. The summed E-state index contributed by atoms with van der Waals surface area (Å²) in [5.41, 5.74) is 0.0576. The molecular formula is C37H51N3O7. The Hall–Kier alpha value is -3.69. The van der Waals surface area contributed by atoms with Gasteiger partial charge < -0.3 is 23.8 Å². The Labute approximate surface area is 278 Å². The lowest BCUT2D eigenvalue weighted by molar-refractivity contribution is -0.167. The molecule has 10 nitrogen and oxygen atoms in total. The molecule has 2 fully saturated rings. The summed E-state index contributed by atoms with van der Waals surface area (Å²) in [5.74, 6) is -1.08. The summed E-state index contributed by atoms with van der Waals surface area (Å²) in [6.07, 6.45) is 7.59. The summed E-state index contributed by atoms with van der Waals surface area (Å²) in [6.45, 7) is 15.3. The van der Waals surface area contributed by atoms with Crippen molar-refractivity contribution in [3.63, 3.8) is 0 Å². The van der Waals surface area contributed by atoms with E-state index in [9.17, 15) is 14.4 Å². The topological polar surface area (TPSA) is 117 Å². The fourth-order valence-electron chi connectivity index (χ4n) is 6.96. The lowest BCUT2D eigenvalue weighted by Gasteiger charge is -2.35. The maximum Gasteiger partial charge on any atom is 0.329 e. The molecule has 5 rings (SSSR count). The van der Waals surface area contributed by atoms with Gasteiger partial charge in [-0.2, -0.15) is 0 Å². The summed E-state index contributed by atoms with van der Waals surface area (Å²) in [6, 6.07) is 4.60. The molecule has 6 atom stereocenters. The standard InChI is InChI=1S/C37H51N3O7/c1-10-37-20-23(37)14-12-11-13-15-27-32(39-28-18-24(44-9)16-17-26(28)38-27)45-29-21-40(31(22(29)2)34(43)47-36(6,7)8)33(42)25(35(3,4)5)19-30(41)46-37/h13,15-18,22-23,25,29,31H,10-12,14,19-21H2,1-9H3/b15-13+/t22-,23?,25-,29+,31+,37?/m1/s1. The van der Waals surface area contributed by atoms with Crippen LogP contribution in [0.2, 0.25) is 0 Å². The highest BCUT2D eigenvalue weighted by Crippen LogP contribution is 2.53. The number of aromatic nitrogens is 2. The van der Waals surface area contributed by atoms with E-state index in [4.69, 9.17) is 28.9 Å². The third kappa shape index (κ3) is 7.57. The number of hydrogen-bond acceptors (Lipinski definition) is 9. The van der Waals surface area contributed by atoms with Crippen molar-refractivity contribution in [1.82, 2.24) is 14.9 Å². The zero-order chi connectivity index (χ0) is 34.3. The number of fused-ring (bicyclic) bond motifs is 5. The van der Waals surface area contributed by atoms with Crippen molar-refractivity contribution in [2.45, 2.75) is 117 Å². The zero-order valence-corrected chi connectivity index (χ0v) is 29.4. The molecule has 2 unspecified atom stereocenters. The average Bonchev–Trinajstić information content (AvgIpc) is 3.57. The van der Waals surface area contributed by atoms with Gasteiger partial charge in [0.1, 0.15) is 34.8 Å². The number of carbonyl (C=O) groups excluding carboxylic acids is 3. The summed E-state index contributed by atoms with van der Waals surface area (Å²) >= 11 is 0. The minimum absolute atomic E-state index is 0.0703. The normalized spacial score (nSPS) is 29.5. The second-order valence-corrected chi connectivity index (χ2v) is 15.5. The Kier molecular flexibility index (Phi) is 9.64. The SMILES string of the molecule is CCC12CC1CCC/C=C/c1nc3ccc(OC)cc3nc1O[C@H]1CN(C(=O)[C@H](C(C)(C)C)CC(=O)O2)[C@H](C(=O)OC(C)(C)C)[C@@H]1C. The van der Waals surface area contributed by atoms with Crippen LogP contribution in [0.4, 0.5) is 0 Å². The third-order valence-corrected chi connectivity index (χ3v) is 9.86. The number of carbonyl (C=O) groups is 3. The fraction of sp³-hybridized carbons (Fsp3) is 0.649. The predicted molar refractivity (Wildman–Crippen MR) is 179 cm³/mol. The molecule has 1 saturated carbocycles. The van der Waals surface area contributed by atoms with Crippen LogP contribution in [0.25, 0.3) is 17.1 Å². The third-order valence-electron chi connectivity index (χ3n) is 9.86. The molecule has 10 heteroatoms. The number of esters is 2. The number of nitrogens with zero attached hydrogens (tertiary/aromatic N) is 3. The van der Waals surface area contributed by atoms with Gasteiger partial charge >= 0.3 is 11.9 Å². The van der Waals surface area contributed by atoms with E-state index in [0.717, 1.165) is 32.1 Å². The molecule has 2 aromatic rings. The fourth-order valence-corrected chi connectivity index (χ4v) is 6.96. The van der Waals surface area contributed by atoms with Gasteiger partial charge in [-0.15, -0.1) is 0 Å². The van der Waals surface area contributed by atoms with Gasteiger partial charge in [0, 0.05) is 17.9 Å². The second kappa shape index (κ2) is 13.1. The van der Waals surface area contributed by atoms with Crippen LogP contribution in [0, 0.1) is 23.2 Å². The molecule has 0 spiro atoms. The zero-order valence-electron chi connectivity index (χ0n) is 29.4. The van der Waals surface area contributed by atoms with Crippen LogP contribution >= 0.6 is 0 Å². The van der Waals surface area contributed by atoms with Gasteiger partial charge in [0.25, 0.3) is 0 Å². The van der Waals surface area contributed by atoms with E-state index in [0.29, 0.717) is 34.3 Å². The lowest BCUT2D eigenvalue weighted by Crippen LogP contribution is -2.50. The van der Waals surface area contributed by atoms with Gasteiger partial charge in [0.05, 0.1) is 37.0 Å². The van der Waals surface area contributed by atoms with Gasteiger partial charge in [-0.1, -0.05) is 40.7 Å². The molecule has 2 bridgehead atoms. The van der Waals surface area contributed by atoms with Gasteiger partial charge in [0.15, 0.2) is 0 Å². The molecular weight excluding hydrogens is 598 g/mol. The van der Waals surface area contributed by atoms with E-state index in [-0.39, 0.29) is 24.8 Å². The maximum absolute atomic E-state index is 14.5. The molecule has 1 aromatic heterocycles. The van der Waals surface area contributed by atoms with Gasteiger partial charge in [0.2, 0.25) is 11.8 Å². The first-order valence-electron chi connectivity index (χ1n) is 17.0. The average molecular weight is 650 g/mol. The van der Waals surface area contributed by atoms with Crippen LogP contribution in [-0.2, 0) is 23.9 Å². The van der Waals surface area contributed by atoms with Crippen LogP contribution in [0.5, 0.6) is 11.6 Å². The van der Waals surface area contributed by atoms with Gasteiger partial charge in [-0.25, -0.2) is 14.8 Å². The predicted octanol–water partition coefficient (Wildman–Crippen LogP) is 6.54. The summed E-state index contributed by atoms with van der Waals surface area (Å²) in [5, 5.41) is 0. The van der Waals surface area contributed by atoms with Crippen LogP contribution in [0.15, 0.2) is 24.3 Å². The molecule has 1 aliphatic carbocycles. The maximum atomic E-state index is 14.5. The lowest BCUT2D eigenvalue weighted by atomic mass is 9.77. The number of benzene rings is 1. The molecule has 256 valence electrons. The molecule has 0 radical (unpaired) electrons. The number of allylic oxidation sites excluding steroid dienone is 1. The number of amides is 1. The summed E-state index contributed by atoms with van der Waals surface area (Å²) in [7, 11) is 1.60. The molecule has 1 saturated heterocycles. The Balaban J connectivity index is 1.58. The van der Waals surface area contributed by atoms with Crippen molar-refractivity contribution in [3.05, 3.63) is 30.0 Å². The highest BCUT2D eigenvalue weighted by atomic mass is 16.6. The molecule has 1 amide bonds. The number of rotatable bonds is 3. The Bertz CT molecular complexity index is 1540. The summed E-state index contributed by atoms with van der Waals surface area (Å²) in [4.78, 5) is 53.1. The van der Waals surface area contributed by atoms with Gasteiger partial charge in [-0.3, -0.25) is 9.59 Å². The quantitative estimate of drug-likeness (QED) is 0.342. The van der Waals surface area contributed by atoms with E-state index in [1.807, 2.05) is 45.9 Å². The minimum Gasteiger partial charge on any atom is -0.497 e. The molecule has 3 aliphatic rings. The molecule has 1 aromatic carbocycles. The first-order valence-corrected chi connectivity index (χ1v) is 17.0. The first kappa shape index (κ1) is 34.6. The molecule has 47 heavy (non-hydrogen) atoms. The van der Waals surface area contributed by atoms with E-state index in [1.54, 1.807) is 38.8 Å². The monoisotopic (exact) mass is 649 g/mol. The Morgan fingerprint density at radius 3 is 2.51 bits per heavy atom. The van der Waals surface area contributed by atoms with Crippen molar-refractivity contribution in [2.24, 2.45) is 23.2 Å². The van der Waals surface area contributed by atoms with Crippen LogP contribution in [-0.4, -0.2) is 69.7 Å². The van der Waals surface area contributed by atoms with E-state index < -0.39 is 46.6 Å². The van der Waals surface area contributed by atoms with Crippen molar-refractivity contribution < 1.29 is 33.3 Å². The van der Waals surface area contributed by atoms with Gasteiger partial charge in [-0.05, 0) is 76.5 Å². The van der Waals surface area contributed by atoms with E-state index >= 15 is 0 Å². The highest BCUT2D eigenvalue weighted by molar-refractivity contribution is 5.90. The smallest absolute Gasteiger partial charge is 0.329 e. The number of hydrogen-bond donors (Lipinski definition) is 0. The van der Waals surface area contributed by atoms with Crippen molar-refractivity contribution in [2.75, 3.05) is 13.7 Å². The Morgan fingerprint density at radius 2 is 1.85 bits per heavy atom. The largest absolute Gasteiger partial charge is 0.497 e.